The molecule has 2 aromatic rings. The minimum absolute atomic E-state index is 0.584. The van der Waals surface area contributed by atoms with Gasteiger partial charge in [-0.2, -0.15) is 0 Å². The van der Waals surface area contributed by atoms with E-state index >= 15 is 0 Å². The van der Waals surface area contributed by atoms with Gasteiger partial charge in [-0.25, -0.2) is 9.97 Å². The third-order valence-corrected chi connectivity index (χ3v) is 8.13. The highest BCUT2D eigenvalue weighted by Crippen LogP contribution is 2.38. The molecule has 1 aromatic heterocycles. The second kappa shape index (κ2) is 13.0. The Labute approximate surface area is 206 Å². The first-order valence-corrected chi connectivity index (χ1v) is 13.7. The van der Waals surface area contributed by atoms with Crippen LogP contribution in [0.1, 0.15) is 106 Å². The van der Waals surface area contributed by atoms with Gasteiger partial charge in [0.1, 0.15) is 12.1 Å². The van der Waals surface area contributed by atoms with Gasteiger partial charge in [0.05, 0.1) is 0 Å². The van der Waals surface area contributed by atoms with E-state index in [0.717, 1.165) is 42.7 Å². The summed E-state index contributed by atoms with van der Waals surface area (Å²) < 4.78 is 0. The van der Waals surface area contributed by atoms with Gasteiger partial charge in [-0.1, -0.05) is 75.8 Å². The van der Waals surface area contributed by atoms with E-state index in [-0.39, 0.29) is 0 Å². The maximum absolute atomic E-state index is 10.6. The van der Waals surface area contributed by atoms with Crippen molar-refractivity contribution in [3.63, 3.8) is 0 Å². The molecule has 1 fully saturated rings. The summed E-state index contributed by atoms with van der Waals surface area (Å²) in [5.41, 5.74) is 5.06. The Hall–Kier alpha value is -2.29. The number of hydrogen-bond acceptors (Lipinski definition) is 3. The topological polar surface area (TPSA) is 42.9 Å². The van der Waals surface area contributed by atoms with Crippen LogP contribution < -0.4 is 0 Å². The fraction of sp³-hybridized carbons (Fsp3) is 0.581. The van der Waals surface area contributed by atoms with E-state index in [1.165, 1.54) is 92.9 Å². The van der Waals surface area contributed by atoms with E-state index in [4.69, 9.17) is 0 Å². The number of hydrogen-bond donors (Lipinski definition) is 0. The minimum atomic E-state index is 0.584. The van der Waals surface area contributed by atoms with Gasteiger partial charge in [-0.3, -0.25) is 0 Å². The average Bonchev–Trinajstić information content (AvgIpc) is 3.11. The lowest BCUT2D eigenvalue weighted by atomic mass is 9.75. The second-order valence-electron chi connectivity index (χ2n) is 10.7. The maximum Gasteiger partial charge on any atom is 0.132 e. The smallest absolute Gasteiger partial charge is 0.132 e. The highest BCUT2D eigenvalue weighted by atomic mass is 16.1. The normalized spacial score (nSPS) is 23.2. The summed E-state index contributed by atoms with van der Waals surface area (Å²) in [5, 5.41) is 0. The molecule has 3 heteroatoms. The van der Waals surface area contributed by atoms with Crippen LogP contribution in [0.15, 0.2) is 42.7 Å². The Kier molecular flexibility index (Phi) is 9.47. The molecule has 2 aliphatic rings. The summed E-state index contributed by atoms with van der Waals surface area (Å²) >= 11 is 0. The molecule has 4 rings (SSSR count). The molecule has 0 spiro atoms. The summed E-state index contributed by atoms with van der Waals surface area (Å²) in [4.78, 5) is 19.9. The van der Waals surface area contributed by atoms with Crippen molar-refractivity contribution in [1.29, 1.82) is 0 Å². The van der Waals surface area contributed by atoms with Crippen molar-refractivity contribution in [3.8, 4) is 0 Å². The molecule has 0 bridgehead atoms. The maximum atomic E-state index is 10.6. The third-order valence-electron chi connectivity index (χ3n) is 8.13. The fourth-order valence-corrected chi connectivity index (χ4v) is 6.08. The summed E-state index contributed by atoms with van der Waals surface area (Å²) in [6.07, 6.45) is 24.8. The molecule has 0 aliphatic heterocycles. The first-order valence-electron chi connectivity index (χ1n) is 13.7. The van der Waals surface area contributed by atoms with Crippen LogP contribution >= 0.6 is 0 Å². The van der Waals surface area contributed by atoms with Crippen molar-refractivity contribution >= 4 is 11.9 Å². The van der Waals surface area contributed by atoms with Gasteiger partial charge in [-0.15, -0.1) is 0 Å². The van der Waals surface area contributed by atoms with Gasteiger partial charge < -0.3 is 4.79 Å². The number of rotatable bonds is 10. The van der Waals surface area contributed by atoms with Crippen LogP contribution in [0.2, 0.25) is 0 Å². The standard InChI is InChI=1S/C31H42N2O/c1-2-5-24-9-13-27(14-10-24)20-26-6-3-8-29(18-17-26)30-22-32-31(33-23-30)21-28-15-11-25(12-16-28)7-4-19-34/h8,11-12,15-16,19,22-24,26-27H,2-7,9-10,13-14,17-18,20-21H2,1H3. The Balaban J connectivity index is 1.25. The van der Waals surface area contributed by atoms with E-state index in [1.807, 2.05) is 12.4 Å². The van der Waals surface area contributed by atoms with Gasteiger partial charge >= 0.3 is 0 Å². The van der Waals surface area contributed by atoms with Gasteiger partial charge in [0, 0.05) is 30.8 Å². The molecule has 0 N–H and O–H groups in total. The predicted octanol–water partition coefficient (Wildman–Crippen LogP) is 7.77. The molecule has 1 aromatic carbocycles. The van der Waals surface area contributed by atoms with Gasteiger partial charge in [0.2, 0.25) is 0 Å². The van der Waals surface area contributed by atoms with Crippen molar-refractivity contribution in [2.24, 2.45) is 17.8 Å². The number of benzene rings is 1. The number of carbonyl (C=O) groups is 1. The van der Waals surface area contributed by atoms with Crippen molar-refractivity contribution in [3.05, 3.63) is 65.2 Å². The van der Waals surface area contributed by atoms with E-state index < -0.39 is 0 Å². The molecule has 1 atom stereocenters. The van der Waals surface area contributed by atoms with E-state index in [2.05, 4.69) is 47.2 Å². The van der Waals surface area contributed by atoms with Crippen molar-refractivity contribution < 1.29 is 4.79 Å². The fourth-order valence-electron chi connectivity index (χ4n) is 6.08. The first-order chi connectivity index (χ1) is 16.7. The van der Waals surface area contributed by atoms with E-state index in [0.29, 0.717) is 6.42 Å². The van der Waals surface area contributed by atoms with Crippen LogP contribution in [-0.2, 0) is 17.6 Å². The summed E-state index contributed by atoms with van der Waals surface area (Å²) in [6, 6.07) is 8.47. The molecule has 0 amide bonds. The van der Waals surface area contributed by atoms with Crippen LogP contribution in [0.3, 0.4) is 0 Å². The van der Waals surface area contributed by atoms with Crippen LogP contribution in [0.5, 0.6) is 0 Å². The number of allylic oxidation sites excluding steroid dienone is 2. The molecule has 3 nitrogen and oxygen atoms in total. The summed E-state index contributed by atoms with van der Waals surface area (Å²) in [6.45, 7) is 2.33. The molecular weight excluding hydrogens is 416 g/mol. The minimum Gasteiger partial charge on any atom is -0.303 e. The van der Waals surface area contributed by atoms with E-state index in [9.17, 15) is 4.79 Å². The van der Waals surface area contributed by atoms with Crippen LogP contribution in [0.25, 0.3) is 5.57 Å². The lowest BCUT2D eigenvalue weighted by Gasteiger charge is -2.30. The first kappa shape index (κ1) is 24.8. The zero-order valence-corrected chi connectivity index (χ0v) is 21.1. The third kappa shape index (κ3) is 7.35. The SMILES string of the molecule is CCCC1CCC(CC2CCC=C(c3cnc(Cc4ccc(CCC=O)cc4)nc3)CC2)CC1. The van der Waals surface area contributed by atoms with Crippen molar-refractivity contribution in [2.75, 3.05) is 0 Å². The van der Waals surface area contributed by atoms with Crippen LogP contribution in [0, 0.1) is 17.8 Å². The molecule has 34 heavy (non-hydrogen) atoms. The lowest BCUT2D eigenvalue weighted by molar-refractivity contribution is -0.107. The lowest BCUT2D eigenvalue weighted by Crippen LogP contribution is -2.17. The summed E-state index contributed by atoms with van der Waals surface area (Å²) in [7, 11) is 0. The molecule has 1 unspecified atom stereocenters. The molecule has 182 valence electrons. The quantitative estimate of drug-likeness (QED) is 0.342. The largest absolute Gasteiger partial charge is 0.303 e. The predicted molar refractivity (Wildman–Crippen MR) is 141 cm³/mol. The van der Waals surface area contributed by atoms with Crippen molar-refractivity contribution in [2.45, 2.75) is 96.8 Å². The van der Waals surface area contributed by atoms with Gasteiger partial charge in [-0.05, 0) is 73.0 Å². The molecule has 0 saturated heterocycles. The molecule has 1 saturated carbocycles. The highest BCUT2D eigenvalue weighted by molar-refractivity contribution is 5.64. The molecule has 0 radical (unpaired) electrons. The van der Waals surface area contributed by atoms with Gasteiger partial charge in [0.25, 0.3) is 0 Å². The molecular formula is C31H42N2O. The molecule has 1 heterocycles. The second-order valence-corrected chi connectivity index (χ2v) is 10.7. The Bertz CT molecular complexity index is 907. The summed E-state index contributed by atoms with van der Waals surface area (Å²) in [5.74, 6) is 3.74. The monoisotopic (exact) mass is 458 g/mol. The number of aldehydes is 1. The Morgan fingerprint density at radius 2 is 1.56 bits per heavy atom. The Morgan fingerprint density at radius 1 is 0.882 bits per heavy atom. The van der Waals surface area contributed by atoms with Crippen LogP contribution in [-0.4, -0.2) is 16.3 Å². The van der Waals surface area contributed by atoms with Crippen molar-refractivity contribution in [1.82, 2.24) is 9.97 Å². The highest BCUT2D eigenvalue weighted by Gasteiger charge is 2.24. The van der Waals surface area contributed by atoms with Gasteiger partial charge in [0.15, 0.2) is 0 Å². The van der Waals surface area contributed by atoms with Crippen LogP contribution in [0.4, 0.5) is 0 Å². The number of nitrogens with zero attached hydrogens (tertiary/aromatic N) is 2. The molecule has 2 aliphatic carbocycles. The Morgan fingerprint density at radius 3 is 2.26 bits per heavy atom. The zero-order chi connectivity index (χ0) is 23.6. The van der Waals surface area contributed by atoms with E-state index in [1.54, 1.807) is 0 Å². The number of aryl methyl sites for hydroxylation is 1. The number of aromatic nitrogens is 2. The number of carbonyl (C=O) groups excluding carboxylic acids is 1. The average molecular weight is 459 g/mol. The zero-order valence-electron chi connectivity index (χ0n) is 21.1.